The fraction of sp³-hybridized carbons (Fsp3) is 0.372. The van der Waals surface area contributed by atoms with Gasteiger partial charge >= 0.3 is 12.4 Å². The van der Waals surface area contributed by atoms with Crippen LogP contribution in [0.15, 0.2) is 71.9 Å². The zero-order valence-electron chi connectivity index (χ0n) is 31.4. The zero-order valence-corrected chi connectivity index (χ0v) is 31.4. The molecular weight excluding hydrogens is 833 g/mol. The van der Waals surface area contributed by atoms with E-state index in [1.54, 1.807) is 24.3 Å². The molecule has 0 aliphatic heterocycles. The molecule has 19 heteroatoms. The third-order valence-corrected chi connectivity index (χ3v) is 13.5. The summed E-state index contributed by atoms with van der Waals surface area (Å²) in [4.78, 5) is 16.3. The molecule has 0 saturated heterocycles. The number of nitriles is 5. The summed E-state index contributed by atoms with van der Waals surface area (Å²) in [5.74, 6) is -21.9. The van der Waals surface area contributed by atoms with Crippen molar-refractivity contribution < 1.29 is 43.9 Å². The van der Waals surface area contributed by atoms with E-state index in [0.29, 0.717) is 0 Å². The molecule has 312 valence electrons. The Morgan fingerprint density at radius 3 is 1.56 bits per heavy atom. The molecule has 62 heavy (non-hydrogen) atoms. The molecule has 4 aromatic rings. The van der Waals surface area contributed by atoms with Gasteiger partial charge in [-0.1, -0.05) is 12.1 Å². The van der Waals surface area contributed by atoms with Gasteiger partial charge in [-0.05, 0) is 102 Å². The number of hydrogen-bond donors (Lipinski definition) is 0. The predicted molar refractivity (Wildman–Crippen MR) is 194 cm³/mol. The third-order valence-electron chi connectivity index (χ3n) is 13.5. The Morgan fingerprint density at radius 2 is 1.08 bits per heavy atom. The van der Waals surface area contributed by atoms with Crippen LogP contribution in [0.25, 0.3) is 22.1 Å². The molecule has 11 unspecified atom stereocenters. The van der Waals surface area contributed by atoms with Crippen LogP contribution in [0.5, 0.6) is 0 Å². The van der Waals surface area contributed by atoms with Crippen LogP contribution < -0.4 is 0 Å². The van der Waals surface area contributed by atoms with E-state index in [9.17, 15) is 35.1 Å². The third kappa shape index (κ3) is 6.48. The molecule has 0 spiro atoms. The van der Waals surface area contributed by atoms with Crippen LogP contribution in [0, 0.1) is 110 Å². The number of hydrogen-bond acceptors (Lipinski definition) is 9. The Morgan fingerprint density at radius 1 is 0.597 bits per heavy atom. The van der Waals surface area contributed by atoms with Gasteiger partial charge in [0.05, 0.1) is 52.2 Å². The summed E-state index contributed by atoms with van der Waals surface area (Å²) in [7, 11) is 0. The van der Waals surface area contributed by atoms with Crippen molar-refractivity contribution in [3.63, 3.8) is 0 Å². The fourth-order valence-electron chi connectivity index (χ4n) is 11.4. The van der Waals surface area contributed by atoms with E-state index < -0.39 is 137 Å². The number of alkyl halides is 6. The summed E-state index contributed by atoms with van der Waals surface area (Å²) in [6, 6.07) is 16.0. The van der Waals surface area contributed by atoms with Gasteiger partial charge in [-0.25, -0.2) is 37.5 Å². The molecule has 2 heterocycles. The summed E-state index contributed by atoms with van der Waals surface area (Å²) in [6.07, 6.45) is -13.1. The standard InChI is InChI=1S/C43H25F10N9/c44-10-23-38(41(47)27(46)11-45)24(12-54)37-21-7-19(17-1-3-28-30(5-17)61-34(15-57)32(13-55)59-28)25(42(48,49)50)8-20(21)22-9-26(43(51,52)53)36(40(23)39(22)37)18-2-4-29-31(6-18)62-35(16-58)33(14-56)60-29/h1-6,10-11,19-22,24-26,36-37,39-40H,7-9H2/b23-10-,27-11-,41-38-. The normalized spacial score (nSPS) is 31.0. The van der Waals surface area contributed by atoms with Crippen molar-refractivity contribution in [3.8, 4) is 30.3 Å². The second kappa shape index (κ2) is 15.2. The summed E-state index contributed by atoms with van der Waals surface area (Å²) >= 11 is 0. The zero-order chi connectivity index (χ0) is 44.6. The van der Waals surface area contributed by atoms with E-state index in [2.05, 4.69) is 19.9 Å². The summed E-state index contributed by atoms with van der Waals surface area (Å²) < 4.78 is 153. The van der Waals surface area contributed by atoms with Crippen molar-refractivity contribution in [3.05, 3.63) is 106 Å². The lowest BCUT2D eigenvalue weighted by Crippen LogP contribution is -2.49. The molecule has 0 bridgehead atoms. The van der Waals surface area contributed by atoms with Crippen LogP contribution in [0.2, 0.25) is 0 Å². The highest BCUT2D eigenvalue weighted by Gasteiger charge is 2.69. The largest absolute Gasteiger partial charge is 0.392 e. The number of benzene rings is 2. The summed E-state index contributed by atoms with van der Waals surface area (Å²) in [5, 5.41) is 48.6. The van der Waals surface area contributed by atoms with Crippen molar-refractivity contribution in [2.75, 3.05) is 0 Å². The molecular formula is C43H25F10N9. The lowest BCUT2D eigenvalue weighted by molar-refractivity contribution is -0.207. The fourth-order valence-corrected chi connectivity index (χ4v) is 11.4. The van der Waals surface area contributed by atoms with Gasteiger partial charge in [0.25, 0.3) is 0 Å². The average molecular weight is 858 g/mol. The summed E-state index contributed by atoms with van der Waals surface area (Å²) in [5.41, 5.74) is -3.76. The van der Waals surface area contributed by atoms with Crippen LogP contribution in [0.3, 0.4) is 0 Å². The molecule has 0 amide bonds. The molecule has 2 aromatic carbocycles. The van der Waals surface area contributed by atoms with E-state index in [4.69, 9.17) is 0 Å². The minimum Gasteiger partial charge on any atom is -0.232 e. The maximum atomic E-state index is 16.2. The quantitative estimate of drug-likeness (QED) is 0.182. The lowest BCUT2D eigenvalue weighted by atomic mass is 9.50. The smallest absolute Gasteiger partial charge is 0.232 e. The molecule has 9 nitrogen and oxygen atoms in total. The van der Waals surface area contributed by atoms with Crippen molar-refractivity contribution in [1.29, 1.82) is 26.3 Å². The average Bonchev–Trinajstić information content (AvgIpc) is 3.59. The van der Waals surface area contributed by atoms with E-state index in [1.165, 1.54) is 30.3 Å². The molecule has 4 fully saturated rings. The highest BCUT2D eigenvalue weighted by molar-refractivity contribution is 5.77. The van der Waals surface area contributed by atoms with Gasteiger partial charge in [0, 0.05) is 11.5 Å². The topological polar surface area (TPSA) is 171 Å². The molecule has 4 aliphatic rings. The van der Waals surface area contributed by atoms with Crippen molar-refractivity contribution >= 4 is 22.1 Å². The first-order chi connectivity index (χ1) is 29.5. The Balaban J connectivity index is 1.35. The van der Waals surface area contributed by atoms with E-state index in [0.717, 1.165) is 6.07 Å². The van der Waals surface area contributed by atoms with E-state index >= 15 is 35.1 Å². The number of aromatic nitrogens is 4. The van der Waals surface area contributed by atoms with Crippen LogP contribution in [0.4, 0.5) is 43.9 Å². The molecule has 8 rings (SSSR count). The summed E-state index contributed by atoms with van der Waals surface area (Å²) in [6.45, 7) is 0. The predicted octanol–water partition coefficient (Wildman–Crippen LogP) is 10.2. The first-order valence-corrected chi connectivity index (χ1v) is 19.0. The molecule has 0 radical (unpaired) electrons. The maximum Gasteiger partial charge on any atom is 0.392 e. The molecule has 2 aromatic heterocycles. The lowest BCUT2D eigenvalue weighted by Gasteiger charge is -2.52. The highest BCUT2D eigenvalue weighted by atomic mass is 19.4. The Labute approximate surface area is 344 Å². The number of nitrogens with zero attached hydrogens (tertiary/aromatic N) is 9. The molecule has 11 atom stereocenters. The van der Waals surface area contributed by atoms with Crippen LogP contribution >= 0.6 is 0 Å². The molecule has 4 saturated carbocycles. The first kappa shape index (κ1) is 41.8. The molecule has 0 N–H and O–H groups in total. The van der Waals surface area contributed by atoms with Crippen LogP contribution in [0.1, 0.15) is 65.0 Å². The Hall–Kier alpha value is -6.91. The van der Waals surface area contributed by atoms with E-state index in [-0.39, 0.29) is 50.9 Å². The number of halogens is 10. The SMILES string of the molecule is N#Cc1nc2ccc(C3CC4C(CC3C(F)(F)F)C3CC(C(F)(F)F)C(c5ccc6nc(C#N)c(C#N)nc6c5)C5C(=C\F)/C(=C(F)\C(F)=C\F)C(C#N)C4C35)cc2nc1C#N. The van der Waals surface area contributed by atoms with Crippen LogP contribution in [-0.4, -0.2) is 32.3 Å². The second-order valence-corrected chi connectivity index (χ2v) is 15.9. The molecule has 4 aliphatic carbocycles. The van der Waals surface area contributed by atoms with Crippen molar-refractivity contribution in [2.45, 2.75) is 43.5 Å². The number of allylic oxidation sites excluding steroid dienone is 4. The van der Waals surface area contributed by atoms with Gasteiger partial charge in [-0.3, -0.25) is 0 Å². The Kier molecular flexibility index (Phi) is 10.3. The van der Waals surface area contributed by atoms with Gasteiger partial charge < -0.3 is 0 Å². The van der Waals surface area contributed by atoms with E-state index in [1.807, 2.05) is 6.07 Å². The van der Waals surface area contributed by atoms with Gasteiger partial charge in [-0.15, -0.1) is 0 Å². The Bertz CT molecular complexity index is 2870. The van der Waals surface area contributed by atoms with Gasteiger partial charge in [0.1, 0.15) is 30.6 Å². The van der Waals surface area contributed by atoms with Crippen LogP contribution in [-0.2, 0) is 0 Å². The van der Waals surface area contributed by atoms with Gasteiger partial charge in [0.15, 0.2) is 34.4 Å². The first-order valence-electron chi connectivity index (χ1n) is 19.0. The highest BCUT2D eigenvalue weighted by Crippen LogP contribution is 2.73. The number of fused-ring (bicyclic) bond motifs is 5. The number of rotatable bonds is 3. The monoisotopic (exact) mass is 857 g/mol. The second-order valence-electron chi connectivity index (χ2n) is 15.9. The van der Waals surface area contributed by atoms with Gasteiger partial charge in [-0.2, -0.15) is 52.7 Å². The minimum atomic E-state index is -5.13. The van der Waals surface area contributed by atoms with Crippen molar-refractivity contribution in [1.82, 2.24) is 19.9 Å². The maximum absolute atomic E-state index is 16.2. The minimum absolute atomic E-state index is 0.0132. The van der Waals surface area contributed by atoms with Gasteiger partial charge in [0.2, 0.25) is 0 Å². The van der Waals surface area contributed by atoms with Crippen molar-refractivity contribution in [2.24, 2.45) is 53.3 Å².